The fourth-order valence-corrected chi connectivity index (χ4v) is 4.99. The molecule has 3 aromatic rings. The summed E-state index contributed by atoms with van der Waals surface area (Å²) in [5.74, 6) is 0.0122. The number of carbonyl (C=O) groups excluding carboxylic acids is 2. The number of carbonyl (C=O) groups is 2. The maximum absolute atomic E-state index is 13.5. The maximum Gasteiger partial charge on any atom is 0.295 e. The number of aryl methyl sites for hydroxylation is 1. The van der Waals surface area contributed by atoms with E-state index in [1.165, 1.54) is 0 Å². The van der Waals surface area contributed by atoms with Crippen molar-refractivity contribution in [1.82, 2.24) is 4.90 Å². The van der Waals surface area contributed by atoms with E-state index in [1.54, 1.807) is 30.2 Å². The van der Waals surface area contributed by atoms with E-state index in [2.05, 4.69) is 20.8 Å². The van der Waals surface area contributed by atoms with Gasteiger partial charge in [-0.25, -0.2) is 0 Å². The average Bonchev–Trinajstić information content (AvgIpc) is 3.19. The molecule has 0 aromatic heterocycles. The van der Waals surface area contributed by atoms with E-state index >= 15 is 0 Å². The predicted molar refractivity (Wildman–Crippen MR) is 158 cm³/mol. The van der Waals surface area contributed by atoms with E-state index < -0.39 is 17.7 Å². The third kappa shape index (κ3) is 6.06. The smallest absolute Gasteiger partial charge is 0.295 e. The van der Waals surface area contributed by atoms with Gasteiger partial charge in [0.2, 0.25) is 0 Å². The molecular formula is C34H39NO5. The predicted octanol–water partition coefficient (Wildman–Crippen LogP) is 6.75. The molecule has 0 saturated carbocycles. The van der Waals surface area contributed by atoms with Crippen LogP contribution in [-0.4, -0.2) is 42.0 Å². The fraction of sp³-hybridized carbons (Fsp3) is 0.353. The largest absolute Gasteiger partial charge is 0.507 e. The van der Waals surface area contributed by atoms with Crippen molar-refractivity contribution in [3.05, 3.63) is 100 Å². The fourth-order valence-electron chi connectivity index (χ4n) is 4.99. The molecule has 1 atom stereocenters. The number of hydrogen-bond acceptors (Lipinski definition) is 5. The zero-order valence-electron chi connectivity index (χ0n) is 24.3. The highest BCUT2D eigenvalue weighted by atomic mass is 16.5. The van der Waals surface area contributed by atoms with Crippen LogP contribution in [0, 0.1) is 6.92 Å². The number of likely N-dealkylation sites (tertiary alicyclic amines) is 1. The molecule has 1 aliphatic heterocycles. The summed E-state index contributed by atoms with van der Waals surface area (Å²) in [6.45, 7) is 11.3. The normalized spacial score (nSPS) is 16.9. The van der Waals surface area contributed by atoms with Crippen molar-refractivity contribution in [1.29, 1.82) is 0 Å². The van der Waals surface area contributed by atoms with Crippen molar-refractivity contribution in [3.63, 3.8) is 0 Å². The number of nitrogens with zero attached hydrogens (tertiary/aromatic N) is 1. The lowest BCUT2D eigenvalue weighted by Gasteiger charge is -2.26. The van der Waals surface area contributed by atoms with Crippen molar-refractivity contribution in [3.8, 4) is 11.5 Å². The van der Waals surface area contributed by atoms with Crippen molar-refractivity contribution < 1.29 is 24.2 Å². The van der Waals surface area contributed by atoms with Crippen molar-refractivity contribution >= 4 is 17.4 Å². The third-order valence-corrected chi connectivity index (χ3v) is 7.34. The summed E-state index contributed by atoms with van der Waals surface area (Å²) in [4.78, 5) is 28.5. The van der Waals surface area contributed by atoms with Gasteiger partial charge in [-0.2, -0.15) is 0 Å². The van der Waals surface area contributed by atoms with Gasteiger partial charge in [0.25, 0.3) is 11.7 Å². The van der Waals surface area contributed by atoms with Crippen LogP contribution in [0.4, 0.5) is 0 Å². The highest BCUT2D eigenvalue weighted by Gasteiger charge is 2.46. The molecular weight excluding hydrogens is 502 g/mol. The minimum atomic E-state index is -0.705. The molecule has 1 amide bonds. The first kappa shape index (κ1) is 28.9. The van der Waals surface area contributed by atoms with Gasteiger partial charge in [0.05, 0.1) is 25.3 Å². The summed E-state index contributed by atoms with van der Waals surface area (Å²) in [5, 5.41) is 11.5. The first-order valence-electron chi connectivity index (χ1n) is 13.8. The van der Waals surface area contributed by atoms with Crippen LogP contribution in [-0.2, 0) is 21.4 Å². The van der Waals surface area contributed by atoms with E-state index in [9.17, 15) is 14.7 Å². The second kappa shape index (κ2) is 12.0. The number of Topliss-reactive ketones (excluding diaryl/α,β-unsaturated/α-hetero) is 1. The van der Waals surface area contributed by atoms with Crippen LogP contribution in [0.15, 0.2) is 72.3 Å². The Kier molecular flexibility index (Phi) is 8.67. The van der Waals surface area contributed by atoms with E-state index in [-0.39, 0.29) is 16.7 Å². The second-order valence-corrected chi connectivity index (χ2v) is 11.3. The van der Waals surface area contributed by atoms with E-state index in [0.717, 1.165) is 40.2 Å². The zero-order chi connectivity index (χ0) is 29.0. The van der Waals surface area contributed by atoms with Crippen LogP contribution in [0.1, 0.15) is 68.0 Å². The molecule has 0 aliphatic carbocycles. The first-order chi connectivity index (χ1) is 19.0. The average molecular weight is 542 g/mol. The van der Waals surface area contributed by atoms with Gasteiger partial charge in [-0.3, -0.25) is 9.59 Å². The van der Waals surface area contributed by atoms with Gasteiger partial charge in [-0.1, -0.05) is 64.1 Å². The molecule has 40 heavy (non-hydrogen) atoms. The summed E-state index contributed by atoms with van der Waals surface area (Å²) in [5.41, 5.74) is 4.32. The van der Waals surface area contributed by atoms with Crippen LogP contribution in [0.25, 0.3) is 5.76 Å². The van der Waals surface area contributed by atoms with Crippen molar-refractivity contribution in [2.45, 2.75) is 58.9 Å². The Morgan fingerprint density at radius 1 is 0.975 bits per heavy atom. The minimum Gasteiger partial charge on any atom is -0.507 e. The summed E-state index contributed by atoms with van der Waals surface area (Å²) in [6.07, 6.45) is 1.44. The number of aliphatic hydroxyl groups is 1. The molecule has 1 unspecified atom stereocenters. The number of amides is 1. The summed E-state index contributed by atoms with van der Waals surface area (Å²) in [6, 6.07) is 20.3. The number of ketones is 1. The van der Waals surface area contributed by atoms with Gasteiger partial charge < -0.3 is 19.5 Å². The summed E-state index contributed by atoms with van der Waals surface area (Å²) in [7, 11) is 1.62. The standard InChI is InChI=1S/C34H39NO5/c1-7-20-40-28-17-12-25(21-22(28)2)31(36)29-30(24-10-13-26(14-11-24)34(3,4)5)35(33(38)32(29)37)19-18-23-8-15-27(39-6)16-9-23/h8-17,21,30,36H,7,18-20H2,1-6H3/b31-29-. The molecule has 3 aromatic carbocycles. The molecule has 0 radical (unpaired) electrons. The molecule has 210 valence electrons. The van der Waals surface area contributed by atoms with Crippen LogP contribution >= 0.6 is 0 Å². The van der Waals surface area contributed by atoms with E-state index in [1.807, 2.05) is 62.4 Å². The lowest BCUT2D eigenvalue weighted by atomic mass is 9.85. The zero-order valence-corrected chi connectivity index (χ0v) is 24.3. The Morgan fingerprint density at radius 3 is 2.23 bits per heavy atom. The molecule has 4 rings (SSSR count). The SMILES string of the molecule is CCCOc1ccc(/C(O)=C2/C(=O)C(=O)N(CCc3ccc(OC)cc3)C2c2ccc(C(C)(C)C)cc2)cc1C. The third-order valence-electron chi connectivity index (χ3n) is 7.34. The molecule has 1 aliphatic rings. The number of ether oxygens (including phenoxy) is 2. The Balaban J connectivity index is 1.75. The minimum absolute atomic E-state index is 0.0478. The Hall–Kier alpha value is -4.06. The number of benzene rings is 3. The number of rotatable bonds is 9. The quantitative estimate of drug-likeness (QED) is 0.184. The van der Waals surface area contributed by atoms with Crippen LogP contribution < -0.4 is 9.47 Å². The number of methoxy groups -OCH3 is 1. The second-order valence-electron chi connectivity index (χ2n) is 11.3. The van der Waals surface area contributed by atoms with Crippen LogP contribution in [0.3, 0.4) is 0 Å². The molecule has 1 N–H and O–H groups in total. The monoisotopic (exact) mass is 541 g/mol. The highest BCUT2D eigenvalue weighted by molar-refractivity contribution is 6.46. The van der Waals surface area contributed by atoms with Crippen LogP contribution in [0.5, 0.6) is 11.5 Å². The van der Waals surface area contributed by atoms with Gasteiger partial charge in [0.1, 0.15) is 17.3 Å². The maximum atomic E-state index is 13.5. The lowest BCUT2D eigenvalue weighted by Crippen LogP contribution is -2.31. The Morgan fingerprint density at radius 2 is 1.65 bits per heavy atom. The van der Waals surface area contributed by atoms with Gasteiger partial charge in [-0.05, 0) is 77.8 Å². The molecule has 1 saturated heterocycles. The van der Waals surface area contributed by atoms with Gasteiger partial charge in [-0.15, -0.1) is 0 Å². The lowest BCUT2D eigenvalue weighted by molar-refractivity contribution is -0.139. The van der Waals surface area contributed by atoms with Gasteiger partial charge >= 0.3 is 0 Å². The Bertz CT molecular complexity index is 1400. The number of hydrogen-bond donors (Lipinski definition) is 1. The van der Waals surface area contributed by atoms with E-state index in [4.69, 9.17) is 9.47 Å². The topological polar surface area (TPSA) is 76.1 Å². The molecule has 0 spiro atoms. The molecule has 1 heterocycles. The molecule has 1 fully saturated rings. The highest BCUT2D eigenvalue weighted by Crippen LogP contribution is 2.40. The molecule has 0 bridgehead atoms. The van der Waals surface area contributed by atoms with Gasteiger partial charge in [0, 0.05) is 12.1 Å². The first-order valence-corrected chi connectivity index (χ1v) is 13.8. The van der Waals surface area contributed by atoms with Crippen molar-refractivity contribution in [2.75, 3.05) is 20.3 Å². The van der Waals surface area contributed by atoms with Gasteiger partial charge in [0.15, 0.2) is 0 Å². The summed E-state index contributed by atoms with van der Waals surface area (Å²) < 4.78 is 11.0. The summed E-state index contributed by atoms with van der Waals surface area (Å²) >= 11 is 0. The number of aliphatic hydroxyl groups excluding tert-OH is 1. The van der Waals surface area contributed by atoms with E-state index in [0.29, 0.717) is 25.1 Å². The Labute approximate surface area is 237 Å². The van der Waals surface area contributed by atoms with Crippen molar-refractivity contribution in [2.24, 2.45) is 0 Å². The van der Waals surface area contributed by atoms with Crippen LogP contribution in [0.2, 0.25) is 0 Å². The molecule has 6 heteroatoms. The molecule has 6 nitrogen and oxygen atoms in total.